The predicted octanol–water partition coefficient (Wildman–Crippen LogP) is 7.18. The third-order valence-corrected chi connectivity index (χ3v) is 12.3. The molecule has 0 atom stereocenters. The minimum atomic E-state index is -2.40. The summed E-state index contributed by atoms with van der Waals surface area (Å²) < 4.78 is 25.3. The topological polar surface area (TPSA) is 84.0 Å². The number of pyridine rings is 2. The zero-order chi connectivity index (χ0) is 22.9. The minimum absolute atomic E-state index is 0.125. The summed E-state index contributed by atoms with van der Waals surface area (Å²) in [5.74, 6) is 1.39. The summed E-state index contributed by atoms with van der Waals surface area (Å²) in [6, 6.07) is 11.2. The quantitative estimate of drug-likeness (QED) is 0.413. The molecule has 8 heteroatoms. The third-order valence-electron chi connectivity index (χ3n) is 4.98. The summed E-state index contributed by atoms with van der Waals surface area (Å²) in [5, 5.41) is 6.20. The van der Waals surface area contributed by atoms with Gasteiger partial charge >= 0.3 is 0 Å². The largest absolute Gasteiger partial charge is 0.320 e. The number of aromatic nitrogens is 2. The van der Waals surface area contributed by atoms with Gasteiger partial charge in [0.05, 0.1) is 0 Å². The van der Waals surface area contributed by atoms with Crippen molar-refractivity contribution in [1.29, 1.82) is 0 Å². The highest BCUT2D eigenvalue weighted by Crippen LogP contribution is 2.54. The van der Waals surface area contributed by atoms with E-state index in [-0.39, 0.29) is 22.6 Å². The van der Waals surface area contributed by atoms with Gasteiger partial charge in [-0.15, -0.1) is 0 Å². The van der Waals surface area contributed by atoms with Gasteiger partial charge in [0.25, 0.3) is 0 Å². The van der Waals surface area contributed by atoms with E-state index in [1.165, 1.54) is 0 Å². The highest BCUT2D eigenvalue weighted by Gasteiger charge is 2.31. The number of nitrogens with zero attached hydrogens (tertiary/aromatic N) is 2. The lowest BCUT2D eigenvalue weighted by molar-refractivity contribution is 0.564. The van der Waals surface area contributed by atoms with Gasteiger partial charge in [-0.3, -0.25) is 9.13 Å². The molecule has 0 aromatic carbocycles. The number of rotatable bonds is 8. The Bertz CT molecular complexity index is 745. The van der Waals surface area contributed by atoms with Crippen molar-refractivity contribution in [2.45, 2.75) is 78.0 Å². The first-order valence-corrected chi connectivity index (χ1v) is 14.2. The van der Waals surface area contributed by atoms with Gasteiger partial charge < -0.3 is 10.2 Å². The molecule has 2 N–H and O–H groups in total. The van der Waals surface area contributed by atoms with E-state index < -0.39 is 14.6 Å². The molecule has 0 aliphatic rings. The van der Waals surface area contributed by atoms with Crippen molar-refractivity contribution in [2.24, 2.45) is 0 Å². The lowest BCUT2D eigenvalue weighted by atomic mass is 10.5. The summed E-state index contributed by atoms with van der Waals surface area (Å²) in [6.07, 6.45) is 3.40. The number of hydrogen-bond acceptors (Lipinski definition) is 4. The molecule has 0 amide bonds. The van der Waals surface area contributed by atoms with Crippen LogP contribution in [0.3, 0.4) is 0 Å². The van der Waals surface area contributed by atoms with Gasteiger partial charge in [-0.05, 0) is 24.3 Å². The fourth-order valence-electron chi connectivity index (χ4n) is 2.92. The molecule has 2 aromatic rings. The Balaban J connectivity index is 0.000000300. The first kappa shape index (κ1) is 26.4. The SMILES string of the molecule is CC(C)P(=O)(Nc1ccccn1)C(C)C.CC(C)P(=O)(Nc1ccccn1)C(C)C. The van der Waals surface area contributed by atoms with Crippen LogP contribution in [0.2, 0.25) is 0 Å². The summed E-state index contributed by atoms with van der Waals surface area (Å²) in [5.41, 5.74) is 0.498. The summed E-state index contributed by atoms with van der Waals surface area (Å²) in [7, 11) is -4.80. The van der Waals surface area contributed by atoms with E-state index in [0.717, 1.165) is 0 Å². The standard InChI is InChI=1S/2C11H19N2OP/c2*1-9(2)15(14,10(3)4)13-11-7-5-6-8-12-11/h2*5-10H,1-4H3,(H,12,13,14). The fourth-order valence-corrected chi connectivity index (χ4v) is 7.32. The Morgan fingerprint density at radius 3 is 1.10 bits per heavy atom. The number of hydrogen-bond donors (Lipinski definition) is 2. The summed E-state index contributed by atoms with van der Waals surface area (Å²) in [6.45, 7) is 15.9. The van der Waals surface area contributed by atoms with Crippen LogP contribution in [0, 0.1) is 0 Å². The van der Waals surface area contributed by atoms with E-state index in [1.54, 1.807) is 12.4 Å². The van der Waals surface area contributed by atoms with Crippen LogP contribution in [0.1, 0.15) is 55.4 Å². The lowest BCUT2D eigenvalue weighted by Crippen LogP contribution is -2.15. The Kier molecular flexibility index (Phi) is 10.3. The van der Waals surface area contributed by atoms with Gasteiger partial charge in [0.1, 0.15) is 11.6 Å². The van der Waals surface area contributed by atoms with E-state index in [4.69, 9.17) is 0 Å². The molecule has 0 fully saturated rings. The summed E-state index contributed by atoms with van der Waals surface area (Å²) in [4.78, 5) is 8.29. The highest BCUT2D eigenvalue weighted by molar-refractivity contribution is 7.67. The predicted molar refractivity (Wildman–Crippen MR) is 131 cm³/mol. The van der Waals surface area contributed by atoms with E-state index in [0.29, 0.717) is 11.6 Å². The Labute approximate surface area is 182 Å². The molecule has 0 aliphatic carbocycles. The minimum Gasteiger partial charge on any atom is -0.320 e. The molecule has 2 rings (SSSR count). The molecule has 2 heterocycles. The van der Waals surface area contributed by atoms with Crippen LogP contribution in [-0.4, -0.2) is 32.6 Å². The second kappa shape index (κ2) is 11.7. The van der Waals surface area contributed by atoms with Gasteiger partial charge in [-0.1, -0.05) is 67.5 Å². The molecule has 30 heavy (non-hydrogen) atoms. The Hall–Kier alpha value is -1.64. The molecule has 6 nitrogen and oxygen atoms in total. The van der Waals surface area contributed by atoms with E-state index in [9.17, 15) is 9.13 Å². The second-order valence-corrected chi connectivity index (χ2v) is 15.9. The van der Waals surface area contributed by atoms with Crippen LogP contribution in [-0.2, 0) is 9.13 Å². The smallest absolute Gasteiger partial charge is 0.175 e. The number of nitrogens with one attached hydrogen (secondary N) is 2. The Morgan fingerprint density at radius 1 is 0.600 bits per heavy atom. The van der Waals surface area contributed by atoms with Crippen LogP contribution in [0.15, 0.2) is 48.8 Å². The summed E-state index contributed by atoms with van der Waals surface area (Å²) >= 11 is 0. The average molecular weight is 453 g/mol. The lowest BCUT2D eigenvalue weighted by Gasteiger charge is -2.27. The Morgan fingerprint density at radius 2 is 0.900 bits per heavy atom. The van der Waals surface area contributed by atoms with Crippen molar-refractivity contribution in [3.8, 4) is 0 Å². The molecule has 0 saturated heterocycles. The fraction of sp³-hybridized carbons (Fsp3) is 0.545. The maximum atomic E-state index is 12.6. The molecule has 0 spiro atoms. The van der Waals surface area contributed by atoms with Gasteiger partial charge in [0.15, 0.2) is 14.6 Å². The van der Waals surface area contributed by atoms with Gasteiger partial charge in [0.2, 0.25) is 0 Å². The molecule has 0 radical (unpaired) electrons. The van der Waals surface area contributed by atoms with Gasteiger partial charge in [-0.2, -0.15) is 0 Å². The molecular formula is C22H38N4O2P2. The van der Waals surface area contributed by atoms with Crippen molar-refractivity contribution in [2.75, 3.05) is 10.2 Å². The van der Waals surface area contributed by atoms with Crippen molar-refractivity contribution in [3.05, 3.63) is 48.8 Å². The maximum Gasteiger partial charge on any atom is 0.175 e. The molecule has 0 saturated carbocycles. The van der Waals surface area contributed by atoms with E-state index in [1.807, 2.05) is 91.8 Å². The molecule has 2 aromatic heterocycles. The second-order valence-electron chi connectivity index (χ2n) is 8.45. The first-order valence-electron chi connectivity index (χ1n) is 10.5. The van der Waals surface area contributed by atoms with Gasteiger partial charge in [-0.25, -0.2) is 9.97 Å². The number of anilines is 2. The molecule has 0 unspecified atom stereocenters. The van der Waals surface area contributed by atoms with Crippen molar-refractivity contribution >= 4 is 26.2 Å². The van der Waals surface area contributed by atoms with Crippen LogP contribution >= 0.6 is 14.6 Å². The maximum absolute atomic E-state index is 12.6. The van der Waals surface area contributed by atoms with Crippen LogP contribution in [0.4, 0.5) is 11.6 Å². The average Bonchev–Trinajstić information content (AvgIpc) is 2.69. The zero-order valence-corrected chi connectivity index (χ0v) is 21.3. The van der Waals surface area contributed by atoms with E-state index >= 15 is 0 Å². The van der Waals surface area contributed by atoms with Crippen LogP contribution in [0.5, 0.6) is 0 Å². The molecular weight excluding hydrogens is 414 g/mol. The van der Waals surface area contributed by atoms with Crippen LogP contribution in [0.25, 0.3) is 0 Å². The molecule has 0 aliphatic heterocycles. The normalized spacial score (nSPS) is 12.1. The van der Waals surface area contributed by atoms with Crippen molar-refractivity contribution in [1.82, 2.24) is 9.97 Å². The molecule has 168 valence electrons. The van der Waals surface area contributed by atoms with Crippen molar-refractivity contribution < 1.29 is 9.13 Å². The third kappa shape index (κ3) is 7.25. The van der Waals surface area contributed by atoms with E-state index in [2.05, 4.69) is 20.1 Å². The monoisotopic (exact) mass is 452 g/mol. The van der Waals surface area contributed by atoms with Crippen LogP contribution < -0.4 is 10.2 Å². The first-order chi connectivity index (χ1) is 13.9. The highest BCUT2D eigenvalue weighted by atomic mass is 31.2. The van der Waals surface area contributed by atoms with Gasteiger partial charge in [0, 0.05) is 35.0 Å². The zero-order valence-electron chi connectivity index (χ0n) is 19.5. The molecule has 0 bridgehead atoms. The van der Waals surface area contributed by atoms with Crippen molar-refractivity contribution in [3.63, 3.8) is 0 Å².